The minimum absolute atomic E-state index is 0.0843. The number of carboxylic acids is 1. The Hall–Kier alpha value is -4.43. The molecule has 0 bridgehead atoms. The van der Waals surface area contributed by atoms with Crippen LogP contribution in [-0.4, -0.2) is 64.9 Å². The second kappa shape index (κ2) is 9.91. The lowest BCUT2D eigenvalue weighted by molar-refractivity contribution is -0.118. The number of fused-ring (bicyclic) bond motifs is 2. The van der Waals surface area contributed by atoms with E-state index >= 15 is 0 Å². The van der Waals surface area contributed by atoms with Gasteiger partial charge in [-0.3, -0.25) is 4.79 Å². The molecular weight excluding hydrogens is 468 g/mol. The van der Waals surface area contributed by atoms with Crippen molar-refractivity contribution in [2.45, 2.75) is 12.8 Å². The van der Waals surface area contributed by atoms with Crippen LogP contribution >= 0.6 is 0 Å². The number of aromatic nitrogens is 1. The highest BCUT2D eigenvalue weighted by molar-refractivity contribution is 6.22. The summed E-state index contributed by atoms with van der Waals surface area (Å²) in [5.74, 6) is -1.01. The maximum atomic E-state index is 12.7. The van der Waals surface area contributed by atoms with Crippen LogP contribution in [0.4, 0.5) is 11.4 Å². The number of benzene rings is 3. The summed E-state index contributed by atoms with van der Waals surface area (Å²) in [7, 11) is 3.91. The standard InChI is InChI=1S/C29H28N4O4/c1-32(2)14-13-25(34)33-15-12-19-16-21(9-11-24(19)33)30-27(18-6-4-3-5-7-18)26-22-10-8-20(29(36)37)17-23(22)31-28(26)35/h3-11,16-17,31,35H,12-15H2,1-2H3,(H,36,37). The van der Waals surface area contributed by atoms with E-state index < -0.39 is 5.97 Å². The number of carbonyl (C=O) groups excluding carboxylic acids is 1. The Morgan fingerprint density at radius 3 is 2.54 bits per heavy atom. The van der Waals surface area contributed by atoms with E-state index in [0.29, 0.717) is 47.4 Å². The molecule has 0 unspecified atom stereocenters. The van der Waals surface area contributed by atoms with Crippen molar-refractivity contribution in [3.63, 3.8) is 0 Å². The average Bonchev–Trinajstić information content (AvgIpc) is 3.45. The summed E-state index contributed by atoms with van der Waals surface area (Å²) in [6.07, 6.45) is 1.22. The van der Waals surface area contributed by atoms with Gasteiger partial charge in [0.25, 0.3) is 0 Å². The van der Waals surface area contributed by atoms with Crippen LogP contribution in [0.15, 0.2) is 71.7 Å². The van der Waals surface area contributed by atoms with Crippen LogP contribution in [0.5, 0.6) is 5.88 Å². The van der Waals surface area contributed by atoms with Crippen LogP contribution < -0.4 is 4.90 Å². The van der Waals surface area contributed by atoms with Crippen molar-refractivity contribution in [2.24, 2.45) is 4.99 Å². The first-order valence-corrected chi connectivity index (χ1v) is 12.1. The molecule has 1 aromatic heterocycles. The van der Waals surface area contributed by atoms with Gasteiger partial charge in [-0.25, -0.2) is 9.79 Å². The monoisotopic (exact) mass is 496 g/mol. The van der Waals surface area contributed by atoms with Crippen LogP contribution in [0.3, 0.4) is 0 Å². The number of rotatable bonds is 7. The van der Waals surface area contributed by atoms with Gasteiger partial charge in [0.2, 0.25) is 5.91 Å². The number of aromatic amines is 1. The summed E-state index contributed by atoms with van der Waals surface area (Å²) < 4.78 is 0. The molecule has 0 saturated heterocycles. The number of aromatic carboxylic acids is 1. The van der Waals surface area contributed by atoms with E-state index in [1.165, 1.54) is 12.1 Å². The Morgan fingerprint density at radius 1 is 1.03 bits per heavy atom. The largest absolute Gasteiger partial charge is 0.494 e. The molecule has 8 nitrogen and oxygen atoms in total. The summed E-state index contributed by atoms with van der Waals surface area (Å²) in [4.78, 5) is 35.9. The molecule has 4 aromatic rings. The topological polar surface area (TPSA) is 109 Å². The summed E-state index contributed by atoms with van der Waals surface area (Å²) in [6, 6.07) is 20.1. The highest BCUT2D eigenvalue weighted by Gasteiger charge is 2.25. The quantitative estimate of drug-likeness (QED) is 0.325. The van der Waals surface area contributed by atoms with Crippen molar-refractivity contribution in [2.75, 3.05) is 32.1 Å². The van der Waals surface area contributed by atoms with Gasteiger partial charge in [0.05, 0.1) is 22.5 Å². The number of carboxylic acid groups (broad SMARTS) is 1. The van der Waals surface area contributed by atoms with Crippen molar-refractivity contribution in [3.05, 3.63) is 89.0 Å². The Kier molecular flexibility index (Phi) is 6.50. The number of hydrogen-bond acceptors (Lipinski definition) is 5. The van der Waals surface area contributed by atoms with Crippen LogP contribution in [0.2, 0.25) is 0 Å². The Bertz CT molecular complexity index is 1520. The molecule has 1 amide bonds. The molecule has 0 saturated carbocycles. The van der Waals surface area contributed by atoms with Gasteiger partial charge >= 0.3 is 5.97 Å². The van der Waals surface area contributed by atoms with E-state index in [9.17, 15) is 19.8 Å². The molecule has 1 aliphatic heterocycles. The van der Waals surface area contributed by atoms with E-state index in [1.807, 2.05) is 72.4 Å². The predicted octanol–water partition coefficient (Wildman–Crippen LogP) is 4.58. The third kappa shape index (κ3) is 4.83. The van der Waals surface area contributed by atoms with E-state index in [2.05, 4.69) is 4.98 Å². The van der Waals surface area contributed by atoms with Crippen LogP contribution in [0, 0.1) is 0 Å². The fraction of sp³-hybridized carbons (Fsp3) is 0.207. The molecule has 0 aliphatic carbocycles. The lowest BCUT2D eigenvalue weighted by Crippen LogP contribution is -2.31. The highest BCUT2D eigenvalue weighted by atomic mass is 16.4. The summed E-state index contributed by atoms with van der Waals surface area (Å²) in [5, 5.41) is 20.9. The second-order valence-electron chi connectivity index (χ2n) is 9.40. The Labute approximate surface area is 214 Å². The highest BCUT2D eigenvalue weighted by Crippen LogP contribution is 2.35. The van der Waals surface area contributed by atoms with Gasteiger partial charge < -0.3 is 25.0 Å². The molecular formula is C29H28N4O4. The molecule has 0 atom stereocenters. The van der Waals surface area contributed by atoms with Crippen molar-refractivity contribution >= 4 is 39.9 Å². The molecule has 1 aliphatic rings. The third-order valence-corrected chi connectivity index (χ3v) is 6.58. The summed E-state index contributed by atoms with van der Waals surface area (Å²) >= 11 is 0. The van der Waals surface area contributed by atoms with Crippen LogP contribution in [0.1, 0.15) is 33.5 Å². The molecule has 2 heterocycles. The lowest BCUT2D eigenvalue weighted by atomic mass is 10.00. The average molecular weight is 497 g/mol. The van der Waals surface area contributed by atoms with E-state index in [-0.39, 0.29) is 17.4 Å². The molecule has 37 heavy (non-hydrogen) atoms. The first-order chi connectivity index (χ1) is 17.8. The number of carbonyl (C=O) groups is 2. The van der Waals surface area contributed by atoms with Crippen molar-refractivity contribution < 1.29 is 19.8 Å². The molecule has 3 aromatic carbocycles. The first kappa shape index (κ1) is 24.3. The summed E-state index contributed by atoms with van der Waals surface area (Å²) in [5.41, 5.74) is 5.18. The van der Waals surface area contributed by atoms with Gasteiger partial charge in [0.1, 0.15) is 0 Å². The van der Waals surface area contributed by atoms with E-state index in [0.717, 1.165) is 23.2 Å². The Balaban J connectivity index is 1.56. The molecule has 5 rings (SSSR count). The van der Waals surface area contributed by atoms with Gasteiger partial charge in [0, 0.05) is 41.7 Å². The van der Waals surface area contributed by atoms with Gasteiger partial charge in [-0.05, 0) is 56.4 Å². The van der Waals surface area contributed by atoms with Crippen LogP contribution in [-0.2, 0) is 11.2 Å². The predicted molar refractivity (Wildman–Crippen MR) is 144 cm³/mol. The first-order valence-electron chi connectivity index (χ1n) is 12.1. The van der Waals surface area contributed by atoms with Gasteiger partial charge in [-0.1, -0.05) is 36.4 Å². The minimum atomic E-state index is -1.04. The smallest absolute Gasteiger partial charge is 0.335 e. The van der Waals surface area contributed by atoms with E-state index in [1.54, 1.807) is 6.07 Å². The minimum Gasteiger partial charge on any atom is -0.494 e. The van der Waals surface area contributed by atoms with Gasteiger partial charge in [0.15, 0.2) is 5.88 Å². The maximum absolute atomic E-state index is 12.7. The van der Waals surface area contributed by atoms with Crippen molar-refractivity contribution in [1.82, 2.24) is 9.88 Å². The normalized spacial score (nSPS) is 13.4. The zero-order valence-corrected chi connectivity index (χ0v) is 20.7. The maximum Gasteiger partial charge on any atom is 0.335 e. The third-order valence-electron chi connectivity index (χ3n) is 6.58. The number of aliphatic imine (C=N–C) groups is 1. The second-order valence-corrected chi connectivity index (χ2v) is 9.40. The number of aromatic hydroxyl groups is 1. The fourth-order valence-corrected chi connectivity index (χ4v) is 4.72. The molecule has 3 N–H and O–H groups in total. The summed E-state index contributed by atoms with van der Waals surface area (Å²) in [6.45, 7) is 1.35. The van der Waals surface area contributed by atoms with E-state index in [4.69, 9.17) is 4.99 Å². The van der Waals surface area contributed by atoms with Crippen LogP contribution in [0.25, 0.3) is 10.9 Å². The van der Waals surface area contributed by atoms with Crippen molar-refractivity contribution in [3.8, 4) is 5.88 Å². The molecule has 0 spiro atoms. The molecule has 8 heteroatoms. The number of anilines is 1. The van der Waals surface area contributed by atoms with Crippen molar-refractivity contribution in [1.29, 1.82) is 0 Å². The van der Waals surface area contributed by atoms with Gasteiger partial charge in [-0.15, -0.1) is 0 Å². The fourth-order valence-electron chi connectivity index (χ4n) is 4.72. The number of nitrogens with one attached hydrogen (secondary N) is 1. The van der Waals surface area contributed by atoms with Gasteiger partial charge in [-0.2, -0.15) is 0 Å². The zero-order valence-electron chi connectivity index (χ0n) is 20.7. The lowest BCUT2D eigenvalue weighted by Gasteiger charge is -2.19. The number of nitrogens with zero attached hydrogens (tertiary/aromatic N) is 3. The zero-order chi connectivity index (χ0) is 26.1. The number of H-pyrrole nitrogens is 1. The molecule has 0 radical (unpaired) electrons. The molecule has 0 fully saturated rings. The SMILES string of the molecule is CN(C)CCC(=O)N1CCc2cc(N=C(c3ccccc3)c3c(O)[nH]c4cc(C(=O)O)ccc34)ccc21. The Morgan fingerprint density at radius 2 is 1.81 bits per heavy atom. The number of hydrogen-bond donors (Lipinski definition) is 3. The number of amides is 1. The molecule has 188 valence electrons.